The summed E-state index contributed by atoms with van der Waals surface area (Å²) in [6, 6.07) is 5.12. The van der Waals surface area contributed by atoms with Gasteiger partial charge in [0.2, 0.25) is 0 Å². The van der Waals surface area contributed by atoms with Crippen molar-refractivity contribution in [3.63, 3.8) is 0 Å². The second-order valence-corrected chi connectivity index (χ2v) is 5.64. The van der Waals surface area contributed by atoms with Crippen LogP contribution in [0.5, 0.6) is 5.75 Å². The van der Waals surface area contributed by atoms with E-state index < -0.39 is 0 Å². The standard InChI is InChI=1S/C15H20FNO/c16-12-5-6-15-11(7-12)9-13(18-15)8-10-3-1-2-4-14(10)17/h5-7,10,13-14H,1-4,8-9,17H2. The maximum absolute atomic E-state index is 13.1. The first kappa shape index (κ1) is 12.0. The summed E-state index contributed by atoms with van der Waals surface area (Å²) in [5, 5.41) is 0. The smallest absolute Gasteiger partial charge is 0.123 e. The number of ether oxygens (including phenoxy) is 1. The largest absolute Gasteiger partial charge is 0.490 e. The van der Waals surface area contributed by atoms with Gasteiger partial charge in [-0.2, -0.15) is 0 Å². The average molecular weight is 249 g/mol. The molecule has 0 amide bonds. The third-order valence-electron chi connectivity index (χ3n) is 4.30. The molecule has 3 heteroatoms. The minimum absolute atomic E-state index is 0.174. The molecule has 0 radical (unpaired) electrons. The van der Waals surface area contributed by atoms with Gasteiger partial charge in [-0.25, -0.2) is 4.39 Å². The van der Waals surface area contributed by atoms with Gasteiger partial charge in [-0.05, 0) is 43.4 Å². The molecule has 0 saturated heterocycles. The molecule has 2 N–H and O–H groups in total. The van der Waals surface area contributed by atoms with E-state index in [9.17, 15) is 4.39 Å². The molecule has 1 aromatic carbocycles. The highest BCUT2D eigenvalue weighted by atomic mass is 19.1. The molecule has 2 nitrogen and oxygen atoms in total. The molecule has 1 fully saturated rings. The summed E-state index contributed by atoms with van der Waals surface area (Å²) in [6.45, 7) is 0. The van der Waals surface area contributed by atoms with Crippen molar-refractivity contribution in [3.8, 4) is 5.75 Å². The summed E-state index contributed by atoms with van der Waals surface area (Å²) >= 11 is 0. The highest BCUT2D eigenvalue weighted by Gasteiger charge is 2.29. The van der Waals surface area contributed by atoms with E-state index in [0.717, 1.165) is 30.6 Å². The van der Waals surface area contributed by atoms with Gasteiger partial charge in [-0.15, -0.1) is 0 Å². The Morgan fingerprint density at radius 1 is 1.28 bits per heavy atom. The lowest BCUT2D eigenvalue weighted by Crippen LogP contribution is -2.36. The van der Waals surface area contributed by atoms with Crippen LogP contribution in [-0.2, 0) is 6.42 Å². The SMILES string of the molecule is NC1CCCCC1CC1Cc2cc(F)ccc2O1. The van der Waals surface area contributed by atoms with Crippen molar-refractivity contribution in [1.82, 2.24) is 0 Å². The van der Waals surface area contributed by atoms with E-state index >= 15 is 0 Å². The van der Waals surface area contributed by atoms with Crippen LogP contribution in [0, 0.1) is 11.7 Å². The first-order valence-electron chi connectivity index (χ1n) is 6.93. The summed E-state index contributed by atoms with van der Waals surface area (Å²) in [7, 11) is 0. The Morgan fingerprint density at radius 3 is 2.94 bits per heavy atom. The van der Waals surface area contributed by atoms with Crippen LogP contribution in [0.4, 0.5) is 4.39 Å². The van der Waals surface area contributed by atoms with Gasteiger partial charge < -0.3 is 10.5 Å². The lowest BCUT2D eigenvalue weighted by molar-refractivity contribution is 0.164. The molecule has 98 valence electrons. The van der Waals surface area contributed by atoms with Gasteiger partial charge in [0.25, 0.3) is 0 Å². The highest BCUT2D eigenvalue weighted by molar-refractivity contribution is 5.37. The fourth-order valence-corrected chi connectivity index (χ4v) is 3.29. The predicted molar refractivity (Wildman–Crippen MR) is 69.1 cm³/mol. The topological polar surface area (TPSA) is 35.2 Å². The number of nitrogens with two attached hydrogens (primary N) is 1. The number of hydrogen-bond donors (Lipinski definition) is 1. The fourth-order valence-electron chi connectivity index (χ4n) is 3.29. The second kappa shape index (κ2) is 4.88. The average Bonchev–Trinajstić information content (AvgIpc) is 2.73. The van der Waals surface area contributed by atoms with Gasteiger partial charge in [0.05, 0.1) is 0 Å². The van der Waals surface area contributed by atoms with E-state index in [1.807, 2.05) is 0 Å². The Kier molecular flexibility index (Phi) is 3.25. The monoisotopic (exact) mass is 249 g/mol. The predicted octanol–water partition coefficient (Wildman–Crippen LogP) is 3.04. The van der Waals surface area contributed by atoms with Crippen molar-refractivity contribution in [2.45, 2.75) is 50.7 Å². The minimum Gasteiger partial charge on any atom is -0.490 e. The Balaban J connectivity index is 1.63. The van der Waals surface area contributed by atoms with Crippen LogP contribution >= 0.6 is 0 Å². The number of benzene rings is 1. The molecule has 0 bridgehead atoms. The maximum Gasteiger partial charge on any atom is 0.123 e. The first-order valence-corrected chi connectivity index (χ1v) is 6.93. The first-order chi connectivity index (χ1) is 8.72. The Hall–Kier alpha value is -1.09. The molecule has 1 aliphatic carbocycles. The van der Waals surface area contributed by atoms with Gasteiger partial charge in [0, 0.05) is 18.0 Å². The lowest BCUT2D eigenvalue weighted by atomic mass is 9.81. The van der Waals surface area contributed by atoms with Crippen LogP contribution in [-0.4, -0.2) is 12.1 Å². The molecule has 1 heterocycles. The zero-order valence-electron chi connectivity index (χ0n) is 10.6. The van der Waals surface area contributed by atoms with Crippen molar-refractivity contribution in [2.75, 3.05) is 0 Å². The van der Waals surface area contributed by atoms with E-state index in [1.54, 1.807) is 12.1 Å². The van der Waals surface area contributed by atoms with E-state index in [-0.39, 0.29) is 11.9 Å². The summed E-state index contributed by atoms with van der Waals surface area (Å²) in [4.78, 5) is 0. The van der Waals surface area contributed by atoms with E-state index in [2.05, 4.69) is 0 Å². The molecule has 2 aliphatic rings. The molecular weight excluding hydrogens is 229 g/mol. The Morgan fingerprint density at radius 2 is 2.11 bits per heavy atom. The highest BCUT2D eigenvalue weighted by Crippen LogP contribution is 2.34. The fraction of sp³-hybridized carbons (Fsp3) is 0.600. The van der Waals surface area contributed by atoms with Gasteiger partial charge in [0.15, 0.2) is 0 Å². The molecule has 3 rings (SSSR count). The van der Waals surface area contributed by atoms with E-state index in [1.165, 1.54) is 25.3 Å². The summed E-state index contributed by atoms with van der Waals surface area (Å²) < 4.78 is 19.0. The number of halogens is 1. The third-order valence-corrected chi connectivity index (χ3v) is 4.30. The molecule has 18 heavy (non-hydrogen) atoms. The minimum atomic E-state index is -0.174. The van der Waals surface area contributed by atoms with Crippen molar-refractivity contribution < 1.29 is 9.13 Å². The lowest BCUT2D eigenvalue weighted by Gasteiger charge is -2.30. The number of hydrogen-bond acceptors (Lipinski definition) is 2. The molecular formula is C15H20FNO. The number of fused-ring (bicyclic) bond motifs is 1. The molecule has 3 atom stereocenters. The van der Waals surface area contributed by atoms with Crippen molar-refractivity contribution in [3.05, 3.63) is 29.6 Å². The molecule has 0 aromatic heterocycles. The van der Waals surface area contributed by atoms with Crippen LogP contribution in [0.3, 0.4) is 0 Å². The molecule has 1 aromatic rings. The van der Waals surface area contributed by atoms with Gasteiger partial charge in [0.1, 0.15) is 17.7 Å². The van der Waals surface area contributed by atoms with Crippen molar-refractivity contribution in [2.24, 2.45) is 11.7 Å². The van der Waals surface area contributed by atoms with Crippen LogP contribution in [0.15, 0.2) is 18.2 Å². The normalized spacial score (nSPS) is 30.9. The van der Waals surface area contributed by atoms with Gasteiger partial charge in [-0.3, -0.25) is 0 Å². The summed E-state index contributed by atoms with van der Waals surface area (Å²) in [5.74, 6) is 1.25. The quantitative estimate of drug-likeness (QED) is 0.874. The van der Waals surface area contributed by atoms with Crippen molar-refractivity contribution >= 4 is 0 Å². The summed E-state index contributed by atoms with van der Waals surface area (Å²) in [6.07, 6.45) is 6.93. The van der Waals surface area contributed by atoms with Crippen molar-refractivity contribution in [1.29, 1.82) is 0 Å². The number of rotatable bonds is 2. The van der Waals surface area contributed by atoms with Gasteiger partial charge in [-0.1, -0.05) is 12.8 Å². The second-order valence-electron chi connectivity index (χ2n) is 5.64. The van der Waals surface area contributed by atoms with Gasteiger partial charge >= 0.3 is 0 Å². The molecule has 1 saturated carbocycles. The van der Waals surface area contributed by atoms with Crippen LogP contribution in [0.25, 0.3) is 0 Å². The van der Waals surface area contributed by atoms with Crippen LogP contribution < -0.4 is 10.5 Å². The maximum atomic E-state index is 13.1. The van der Waals surface area contributed by atoms with Crippen LogP contribution in [0.2, 0.25) is 0 Å². The molecule has 0 spiro atoms. The van der Waals surface area contributed by atoms with E-state index in [4.69, 9.17) is 10.5 Å². The molecule has 1 aliphatic heterocycles. The Labute approximate surface area is 107 Å². The Bertz CT molecular complexity index is 435. The van der Waals surface area contributed by atoms with Crippen LogP contribution in [0.1, 0.15) is 37.7 Å². The summed E-state index contributed by atoms with van der Waals surface area (Å²) in [5.41, 5.74) is 7.17. The third kappa shape index (κ3) is 2.37. The zero-order valence-corrected chi connectivity index (χ0v) is 10.6. The molecule has 3 unspecified atom stereocenters. The van der Waals surface area contributed by atoms with E-state index in [0.29, 0.717) is 12.0 Å². The zero-order chi connectivity index (χ0) is 12.5.